The molecule has 0 radical (unpaired) electrons. The Morgan fingerprint density at radius 1 is 0.833 bits per heavy atom. The van der Waals surface area contributed by atoms with Crippen molar-refractivity contribution in [1.29, 1.82) is 0 Å². The summed E-state index contributed by atoms with van der Waals surface area (Å²) < 4.78 is 5.94. The number of benzene rings is 2. The summed E-state index contributed by atoms with van der Waals surface area (Å²) in [6.45, 7) is 6.51. The minimum atomic E-state index is 0.0418. The summed E-state index contributed by atoms with van der Waals surface area (Å²) in [6.07, 6.45) is 0. The van der Waals surface area contributed by atoms with E-state index in [4.69, 9.17) is 10.5 Å². The Morgan fingerprint density at radius 3 is 2.00 bits per heavy atom. The third kappa shape index (κ3) is 2.65. The van der Waals surface area contributed by atoms with E-state index in [1.807, 2.05) is 42.5 Å². The van der Waals surface area contributed by atoms with Crippen LogP contribution >= 0.6 is 0 Å². The van der Waals surface area contributed by atoms with Gasteiger partial charge in [0.15, 0.2) is 0 Å². The Morgan fingerprint density at radius 2 is 1.39 bits per heavy atom. The van der Waals surface area contributed by atoms with Crippen LogP contribution in [0.4, 0.5) is 5.69 Å². The van der Waals surface area contributed by atoms with E-state index in [9.17, 15) is 0 Å². The molecule has 94 valence electrons. The molecule has 18 heavy (non-hydrogen) atoms. The number of para-hydroxylation sites is 3. The first-order valence-electron chi connectivity index (χ1n) is 6.10. The zero-order chi connectivity index (χ0) is 13.2. The molecule has 2 N–H and O–H groups in total. The molecule has 2 aromatic carbocycles. The molecule has 2 rings (SSSR count). The largest absolute Gasteiger partial charge is 0.455 e. The van der Waals surface area contributed by atoms with Gasteiger partial charge in [0.2, 0.25) is 0 Å². The number of rotatable bonds is 2. The lowest BCUT2D eigenvalue weighted by Crippen LogP contribution is -2.12. The Labute approximate surface area is 108 Å². The smallest absolute Gasteiger partial charge is 0.150 e. The maximum absolute atomic E-state index is 5.94. The van der Waals surface area contributed by atoms with Gasteiger partial charge < -0.3 is 10.5 Å². The summed E-state index contributed by atoms with van der Waals surface area (Å²) in [5.41, 5.74) is 7.77. The number of anilines is 1. The van der Waals surface area contributed by atoms with Crippen LogP contribution in [0.1, 0.15) is 26.3 Å². The van der Waals surface area contributed by atoms with E-state index in [1.54, 1.807) is 0 Å². The summed E-state index contributed by atoms with van der Waals surface area (Å²) in [4.78, 5) is 0. The molecule has 0 fully saturated rings. The van der Waals surface area contributed by atoms with Crippen molar-refractivity contribution in [3.05, 3.63) is 54.1 Å². The van der Waals surface area contributed by atoms with E-state index in [-0.39, 0.29) is 5.41 Å². The molecule has 0 unspecified atom stereocenters. The third-order valence-corrected chi connectivity index (χ3v) is 2.83. The van der Waals surface area contributed by atoms with Crippen LogP contribution < -0.4 is 10.5 Å². The minimum Gasteiger partial charge on any atom is -0.455 e. The predicted molar refractivity (Wildman–Crippen MR) is 76.1 cm³/mol. The second-order valence-corrected chi connectivity index (χ2v) is 5.39. The Kier molecular flexibility index (Phi) is 3.28. The van der Waals surface area contributed by atoms with Crippen molar-refractivity contribution in [2.75, 3.05) is 5.73 Å². The van der Waals surface area contributed by atoms with Crippen LogP contribution in [0.3, 0.4) is 0 Å². The molecule has 2 nitrogen and oxygen atoms in total. The number of hydrogen-bond donors (Lipinski definition) is 1. The fourth-order valence-electron chi connectivity index (χ4n) is 1.87. The summed E-state index contributed by atoms with van der Waals surface area (Å²) in [6, 6.07) is 15.6. The molecule has 0 saturated carbocycles. The Bertz CT molecular complexity index is 541. The average Bonchev–Trinajstić information content (AvgIpc) is 2.31. The van der Waals surface area contributed by atoms with Gasteiger partial charge >= 0.3 is 0 Å². The highest BCUT2D eigenvalue weighted by Gasteiger charge is 2.18. The van der Waals surface area contributed by atoms with Gasteiger partial charge in [-0.05, 0) is 23.6 Å². The van der Waals surface area contributed by atoms with Crippen molar-refractivity contribution in [2.24, 2.45) is 0 Å². The second kappa shape index (κ2) is 4.73. The van der Waals surface area contributed by atoms with Crippen LogP contribution in [0.15, 0.2) is 48.5 Å². The maximum atomic E-state index is 5.94. The number of hydrogen-bond acceptors (Lipinski definition) is 2. The topological polar surface area (TPSA) is 35.2 Å². The van der Waals surface area contributed by atoms with Gasteiger partial charge in [0.1, 0.15) is 11.5 Å². The van der Waals surface area contributed by atoms with E-state index in [0.717, 1.165) is 5.75 Å². The molecule has 0 atom stereocenters. The fourth-order valence-corrected chi connectivity index (χ4v) is 1.87. The molecule has 2 aromatic rings. The lowest BCUT2D eigenvalue weighted by molar-refractivity contribution is 0.457. The van der Waals surface area contributed by atoms with Crippen molar-refractivity contribution in [3.8, 4) is 11.5 Å². The summed E-state index contributed by atoms with van der Waals surface area (Å²) in [5, 5.41) is 0. The molecule has 0 spiro atoms. The molecule has 0 saturated heterocycles. The molecule has 2 heteroatoms. The van der Waals surface area contributed by atoms with Crippen LogP contribution in [0.25, 0.3) is 0 Å². The first kappa shape index (κ1) is 12.5. The van der Waals surface area contributed by atoms with Crippen molar-refractivity contribution in [1.82, 2.24) is 0 Å². The van der Waals surface area contributed by atoms with Gasteiger partial charge in [-0.15, -0.1) is 0 Å². The van der Waals surface area contributed by atoms with Crippen molar-refractivity contribution in [3.63, 3.8) is 0 Å². The normalized spacial score (nSPS) is 11.3. The number of nitrogens with two attached hydrogens (primary N) is 1. The summed E-state index contributed by atoms with van der Waals surface area (Å²) in [7, 11) is 0. The second-order valence-electron chi connectivity index (χ2n) is 5.39. The number of ether oxygens (including phenoxy) is 1. The Balaban J connectivity index is 2.39. The van der Waals surface area contributed by atoms with Gasteiger partial charge in [-0.3, -0.25) is 0 Å². The van der Waals surface area contributed by atoms with Crippen LogP contribution in [0.5, 0.6) is 11.5 Å². The van der Waals surface area contributed by atoms with Crippen LogP contribution in [-0.2, 0) is 5.41 Å². The van der Waals surface area contributed by atoms with Crippen molar-refractivity contribution in [2.45, 2.75) is 26.2 Å². The van der Waals surface area contributed by atoms with Crippen LogP contribution in [-0.4, -0.2) is 0 Å². The van der Waals surface area contributed by atoms with Crippen molar-refractivity contribution >= 4 is 5.69 Å². The van der Waals surface area contributed by atoms with Gasteiger partial charge in [0.05, 0.1) is 5.69 Å². The SMILES string of the molecule is CC(C)(C)c1ccccc1Oc1ccccc1N. The van der Waals surface area contributed by atoms with Crippen LogP contribution in [0, 0.1) is 0 Å². The van der Waals surface area contributed by atoms with Gasteiger partial charge in [0.25, 0.3) is 0 Å². The predicted octanol–water partition coefficient (Wildman–Crippen LogP) is 4.36. The third-order valence-electron chi connectivity index (χ3n) is 2.83. The standard InChI is InChI=1S/C16H19NO/c1-16(2,3)12-8-4-6-10-14(12)18-15-11-7-5-9-13(15)17/h4-11H,17H2,1-3H3. The quantitative estimate of drug-likeness (QED) is 0.793. The molecular weight excluding hydrogens is 222 g/mol. The summed E-state index contributed by atoms with van der Waals surface area (Å²) >= 11 is 0. The van der Waals surface area contributed by atoms with Gasteiger partial charge in [0, 0.05) is 5.56 Å². The van der Waals surface area contributed by atoms with E-state index >= 15 is 0 Å². The zero-order valence-electron chi connectivity index (χ0n) is 11.1. The summed E-state index contributed by atoms with van der Waals surface area (Å²) in [5.74, 6) is 1.57. The van der Waals surface area contributed by atoms with Crippen molar-refractivity contribution < 1.29 is 4.74 Å². The van der Waals surface area contributed by atoms with E-state index in [1.165, 1.54) is 5.56 Å². The van der Waals surface area contributed by atoms with E-state index in [2.05, 4.69) is 26.8 Å². The van der Waals surface area contributed by atoms with E-state index in [0.29, 0.717) is 11.4 Å². The minimum absolute atomic E-state index is 0.0418. The molecule has 0 amide bonds. The lowest BCUT2D eigenvalue weighted by atomic mass is 9.86. The van der Waals surface area contributed by atoms with Gasteiger partial charge in [-0.2, -0.15) is 0 Å². The molecule has 0 heterocycles. The fraction of sp³-hybridized carbons (Fsp3) is 0.250. The Hall–Kier alpha value is -1.96. The first-order chi connectivity index (χ1) is 8.48. The first-order valence-corrected chi connectivity index (χ1v) is 6.10. The highest BCUT2D eigenvalue weighted by molar-refractivity contribution is 5.54. The molecule has 0 aliphatic heterocycles. The molecule has 0 aliphatic carbocycles. The van der Waals surface area contributed by atoms with E-state index < -0.39 is 0 Å². The molecule has 0 aliphatic rings. The molecule has 0 bridgehead atoms. The maximum Gasteiger partial charge on any atom is 0.150 e. The number of nitrogen functional groups attached to an aromatic ring is 1. The highest BCUT2D eigenvalue weighted by Crippen LogP contribution is 2.35. The molecular formula is C16H19NO. The molecule has 0 aromatic heterocycles. The van der Waals surface area contributed by atoms with Crippen LogP contribution in [0.2, 0.25) is 0 Å². The lowest BCUT2D eigenvalue weighted by Gasteiger charge is -2.22. The average molecular weight is 241 g/mol. The van der Waals surface area contributed by atoms with Gasteiger partial charge in [-0.1, -0.05) is 51.1 Å². The zero-order valence-corrected chi connectivity index (χ0v) is 11.1. The monoisotopic (exact) mass is 241 g/mol. The van der Waals surface area contributed by atoms with Gasteiger partial charge in [-0.25, -0.2) is 0 Å². The highest BCUT2D eigenvalue weighted by atomic mass is 16.5.